The van der Waals surface area contributed by atoms with Crippen LogP contribution in [0.5, 0.6) is 0 Å². The van der Waals surface area contributed by atoms with Gasteiger partial charge in [-0.3, -0.25) is 9.48 Å². The Bertz CT molecular complexity index is 350. The molecule has 1 saturated heterocycles. The van der Waals surface area contributed by atoms with E-state index in [4.69, 9.17) is 5.11 Å². The molecule has 0 radical (unpaired) electrons. The van der Waals surface area contributed by atoms with Crippen LogP contribution in [0.15, 0.2) is 18.5 Å². The van der Waals surface area contributed by atoms with Crippen LogP contribution in [0.25, 0.3) is 0 Å². The van der Waals surface area contributed by atoms with E-state index in [0.717, 1.165) is 19.6 Å². The Morgan fingerprint density at radius 2 is 2.31 bits per heavy atom. The second-order valence-corrected chi connectivity index (χ2v) is 4.45. The zero-order valence-corrected chi connectivity index (χ0v) is 9.41. The number of likely N-dealkylation sites (tertiary alicyclic amines) is 1. The molecule has 2 rings (SSSR count). The fraction of sp³-hybridized carbons (Fsp3) is 0.636. The molecule has 1 aromatic rings. The van der Waals surface area contributed by atoms with Crippen molar-refractivity contribution in [2.75, 3.05) is 19.6 Å². The fourth-order valence-corrected chi connectivity index (χ4v) is 2.25. The van der Waals surface area contributed by atoms with Crippen LogP contribution in [0, 0.1) is 11.8 Å². The van der Waals surface area contributed by atoms with Crippen LogP contribution in [-0.2, 0) is 11.3 Å². The van der Waals surface area contributed by atoms with Crippen LogP contribution in [-0.4, -0.2) is 45.4 Å². The number of rotatable bonds is 4. The third-order valence-electron chi connectivity index (χ3n) is 3.21. The standard InChI is InChI=1S/C11H17N3O2/c1-9-7-13(8-10(9)11(15)16)5-6-14-4-2-3-12-14/h2-4,9-10H,5-8H2,1H3,(H,15,16)/t9-,10-/m1/s1. The summed E-state index contributed by atoms with van der Waals surface area (Å²) in [5.74, 6) is -0.637. The van der Waals surface area contributed by atoms with Gasteiger partial charge in [0.1, 0.15) is 0 Å². The van der Waals surface area contributed by atoms with Crippen molar-refractivity contribution in [3.8, 4) is 0 Å². The van der Waals surface area contributed by atoms with Gasteiger partial charge in [-0.2, -0.15) is 5.10 Å². The monoisotopic (exact) mass is 223 g/mol. The van der Waals surface area contributed by atoms with Crippen molar-refractivity contribution in [3.05, 3.63) is 18.5 Å². The van der Waals surface area contributed by atoms with Crippen molar-refractivity contribution in [1.29, 1.82) is 0 Å². The van der Waals surface area contributed by atoms with E-state index in [1.807, 2.05) is 23.9 Å². The molecule has 1 aromatic heterocycles. The maximum absolute atomic E-state index is 10.9. The normalized spacial score (nSPS) is 26.1. The lowest BCUT2D eigenvalue weighted by Gasteiger charge is -2.14. The van der Waals surface area contributed by atoms with Gasteiger partial charge >= 0.3 is 5.97 Å². The summed E-state index contributed by atoms with van der Waals surface area (Å²) in [4.78, 5) is 13.1. The molecule has 1 N–H and O–H groups in total. The lowest BCUT2D eigenvalue weighted by Crippen LogP contribution is -2.26. The van der Waals surface area contributed by atoms with Gasteiger partial charge in [0, 0.05) is 32.0 Å². The molecule has 0 unspecified atom stereocenters. The Kier molecular flexibility index (Phi) is 3.24. The van der Waals surface area contributed by atoms with E-state index < -0.39 is 5.97 Å². The summed E-state index contributed by atoms with van der Waals surface area (Å²) in [6.45, 7) is 5.24. The predicted octanol–water partition coefficient (Wildman–Crippen LogP) is 0.536. The van der Waals surface area contributed by atoms with E-state index in [1.165, 1.54) is 0 Å². The second kappa shape index (κ2) is 4.65. The highest BCUT2D eigenvalue weighted by molar-refractivity contribution is 5.71. The number of carbonyl (C=O) groups is 1. The molecule has 0 aromatic carbocycles. The summed E-state index contributed by atoms with van der Waals surface area (Å²) in [7, 11) is 0. The first-order chi connectivity index (χ1) is 7.66. The lowest BCUT2D eigenvalue weighted by molar-refractivity contribution is -0.142. The molecule has 1 aliphatic heterocycles. The van der Waals surface area contributed by atoms with Crippen molar-refractivity contribution in [2.24, 2.45) is 11.8 Å². The summed E-state index contributed by atoms with van der Waals surface area (Å²) in [6.07, 6.45) is 3.68. The van der Waals surface area contributed by atoms with Crippen molar-refractivity contribution in [3.63, 3.8) is 0 Å². The molecule has 0 amide bonds. The largest absolute Gasteiger partial charge is 0.481 e. The van der Waals surface area contributed by atoms with Gasteiger partial charge in [-0.15, -0.1) is 0 Å². The van der Waals surface area contributed by atoms with Crippen molar-refractivity contribution in [1.82, 2.24) is 14.7 Å². The maximum atomic E-state index is 10.9. The van der Waals surface area contributed by atoms with Gasteiger partial charge in [0.2, 0.25) is 0 Å². The Balaban J connectivity index is 1.82. The highest BCUT2D eigenvalue weighted by Gasteiger charge is 2.34. The van der Waals surface area contributed by atoms with Gasteiger partial charge in [-0.25, -0.2) is 0 Å². The van der Waals surface area contributed by atoms with E-state index in [1.54, 1.807) is 6.20 Å². The lowest BCUT2D eigenvalue weighted by atomic mass is 9.99. The average molecular weight is 223 g/mol. The van der Waals surface area contributed by atoms with E-state index in [2.05, 4.69) is 10.00 Å². The smallest absolute Gasteiger partial charge is 0.308 e. The number of carboxylic acid groups (broad SMARTS) is 1. The molecule has 2 atom stereocenters. The molecular weight excluding hydrogens is 206 g/mol. The topological polar surface area (TPSA) is 58.4 Å². The van der Waals surface area contributed by atoms with Gasteiger partial charge in [-0.05, 0) is 12.0 Å². The number of hydrogen-bond donors (Lipinski definition) is 1. The zero-order chi connectivity index (χ0) is 11.5. The van der Waals surface area contributed by atoms with Crippen LogP contribution in [0.2, 0.25) is 0 Å². The molecule has 0 saturated carbocycles. The summed E-state index contributed by atoms with van der Waals surface area (Å²) in [5.41, 5.74) is 0. The molecule has 5 heteroatoms. The third-order valence-corrected chi connectivity index (χ3v) is 3.21. The minimum atomic E-state index is -0.672. The number of hydrogen-bond acceptors (Lipinski definition) is 3. The van der Waals surface area contributed by atoms with E-state index in [0.29, 0.717) is 6.54 Å². The number of carboxylic acids is 1. The highest BCUT2D eigenvalue weighted by Crippen LogP contribution is 2.22. The predicted molar refractivity (Wildman–Crippen MR) is 59.0 cm³/mol. The maximum Gasteiger partial charge on any atom is 0.308 e. The van der Waals surface area contributed by atoms with Gasteiger partial charge < -0.3 is 10.0 Å². The molecule has 1 aliphatic rings. The minimum Gasteiger partial charge on any atom is -0.481 e. The Hall–Kier alpha value is -1.36. The van der Waals surface area contributed by atoms with E-state index in [9.17, 15) is 4.79 Å². The van der Waals surface area contributed by atoms with E-state index >= 15 is 0 Å². The molecule has 0 aliphatic carbocycles. The number of nitrogens with zero attached hydrogens (tertiary/aromatic N) is 3. The number of aromatic nitrogens is 2. The first-order valence-electron chi connectivity index (χ1n) is 5.59. The molecule has 0 bridgehead atoms. The van der Waals surface area contributed by atoms with Gasteiger partial charge in [0.15, 0.2) is 0 Å². The summed E-state index contributed by atoms with van der Waals surface area (Å²) < 4.78 is 1.87. The van der Waals surface area contributed by atoms with Crippen LogP contribution in [0.3, 0.4) is 0 Å². The van der Waals surface area contributed by atoms with Gasteiger partial charge in [0.05, 0.1) is 12.5 Å². The molecule has 5 nitrogen and oxygen atoms in total. The zero-order valence-electron chi connectivity index (χ0n) is 9.41. The van der Waals surface area contributed by atoms with Gasteiger partial charge in [0.25, 0.3) is 0 Å². The van der Waals surface area contributed by atoms with Crippen LogP contribution in [0.1, 0.15) is 6.92 Å². The summed E-state index contributed by atoms with van der Waals surface area (Å²) in [6, 6.07) is 1.90. The molecule has 2 heterocycles. The third kappa shape index (κ3) is 2.41. The Morgan fingerprint density at radius 1 is 1.50 bits per heavy atom. The summed E-state index contributed by atoms with van der Waals surface area (Å²) in [5, 5.41) is 13.1. The van der Waals surface area contributed by atoms with Crippen LogP contribution >= 0.6 is 0 Å². The van der Waals surface area contributed by atoms with Crippen LogP contribution < -0.4 is 0 Å². The molecule has 0 spiro atoms. The van der Waals surface area contributed by atoms with Crippen molar-refractivity contribution >= 4 is 5.97 Å². The van der Waals surface area contributed by atoms with Crippen molar-refractivity contribution < 1.29 is 9.90 Å². The highest BCUT2D eigenvalue weighted by atomic mass is 16.4. The molecule has 88 valence electrons. The first-order valence-corrected chi connectivity index (χ1v) is 5.59. The Morgan fingerprint density at radius 3 is 2.88 bits per heavy atom. The second-order valence-electron chi connectivity index (χ2n) is 4.45. The first kappa shape index (κ1) is 11.1. The molecule has 1 fully saturated rings. The average Bonchev–Trinajstić information content (AvgIpc) is 2.83. The molecular formula is C11H17N3O2. The van der Waals surface area contributed by atoms with Crippen molar-refractivity contribution in [2.45, 2.75) is 13.5 Å². The van der Waals surface area contributed by atoms with E-state index in [-0.39, 0.29) is 11.8 Å². The fourth-order valence-electron chi connectivity index (χ4n) is 2.25. The SMILES string of the molecule is C[C@@H]1CN(CCn2cccn2)C[C@H]1C(=O)O. The van der Waals surface area contributed by atoms with Gasteiger partial charge in [-0.1, -0.05) is 6.92 Å². The number of aliphatic carboxylic acids is 1. The quantitative estimate of drug-likeness (QED) is 0.809. The minimum absolute atomic E-state index is 0.211. The van der Waals surface area contributed by atoms with Crippen LogP contribution in [0.4, 0.5) is 0 Å². The molecule has 16 heavy (non-hydrogen) atoms. The summed E-state index contributed by atoms with van der Waals surface area (Å²) >= 11 is 0. The Labute approximate surface area is 94.7 Å².